The number of rotatable bonds is 9. The quantitative estimate of drug-likeness (QED) is 0.494. The number of hydrogen-bond acceptors (Lipinski definition) is 6. The van der Waals surface area contributed by atoms with Crippen LogP contribution in [-0.4, -0.2) is 36.8 Å². The molecule has 0 saturated heterocycles. The molecular weight excluding hydrogens is 414 g/mol. The predicted molar refractivity (Wildman–Crippen MR) is 122 cm³/mol. The van der Waals surface area contributed by atoms with Gasteiger partial charge in [0.1, 0.15) is 0 Å². The van der Waals surface area contributed by atoms with Gasteiger partial charge in [-0.3, -0.25) is 14.2 Å². The largest absolute Gasteiger partial charge is 0.493 e. The molecule has 3 rings (SSSR count). The molecule has 0 atom stereocenters. The summed E-state index contributed by atoms with van der Waals surface area (Å²) in [5, 5.41) is 3.12. The highest BCUT2D eigenvalue weighted by Crippen LogP contribution is 2.40. The number of carbonyl (C=O) groups is 1. The number of carbonyl (C=O) groups excluding carboxylic acids is 1. The second-order valence-corrected chi connectivity index (χ2v) is 7.22. The van der Waals surface area contributed by atoms with E-state index in [2.05, 4.69) is 17.2 Å². The number of anilines is 1. The number of amides is 1. The predicted octanol–water partition coefficient (Wildman–Crippen LogP) is 3.16. The number of aromatic amines is 1. The van der Waals surface area contributed by atoms with Crippen LogP contribution in [0.1, 0.15) is 36.5 Å². The molecule has 32 heavy (non-hydrogen) atoms. The van der Waals surface area contributed by atoms with Crippen LogP contribution in [0.4, 0.5) is 5.69 Å². The van der Waals surface area contributed by atoms with Crippen molar-refractivity contribution in [3.05, 3.63) is 56.7 Å². The monoisotopic (exact) mass is 441 g/mol. The van der Waals surface area contributed by atoms with E-state index in [9.17, 15) is 14.4 Å². The van der Waals surface area contributed by atoms with E-state index in [0.717, 1.165) is 19.3 Å². The topological polar surface area (TPSA) is 112 Å². The number of nitrogens with zero attached hydrogens (tertiary/aromatic N) is 1. The van der Waals surface area contributed by atoms with Gasteiger partial charge < -0.3 is 24.5 Å². The van der Waals surface area contributed by atoms with Gasteiger partial charge in [-0.1, -0.05) is 19.8 Å². The van der Waals surface area contributed by atoms with Gasteiger partial charge in [-0.05, 0) is 24.6 Å². The van der Waals surface area contributed by atoms with Crippen LogP contribution in [-0.2, 0) is 6.54 Å². The zero-order chi connectivity index (χ0) is 23.3. The van der Waals surface area contributed by atoms with E-state index >= 15 is 0 Å². The van der Waals surface area contributed by atoms with Crippen molar-refractivity contribution < 1.29 is 19.0 Å². The Kier molecular flexibility index (Phi) is 7.19. The molecule has 0 unspecified atom stereocenters. The lowest BCUT2D eigenvalue weighted by atomic mass is 10.1. The number of H-pyrrole nitrogens is 1. The molecule has 0 aliphatic rings. The molecule has 3 aromatic rings. The van der Waals surface area contributed by atoms with Gasteiger partial charge in [-0.25, -0.2) is 4.79 Å². The number of nitrogens with one attached hydrogen (secondary N) is 2. The number of benzene rings is 2. The average Bonchev–Trinajstić information content (AvgIpc) is 2.80. The van der Waals surface area contributed by atoms with Gasteiger partial charge in [0.05, 0.1) is 32.2 Å². The van der Waals surface area contributed by atoms with E-state index in [0.29, 0.717) is 40.4 Å². The van der Waals surface area contributed by atoms with Crippen molar-refractivity contribution in [2.75, 3.05) is 26.6 Å². The third-order valence-electron chi connectivity index (χ3n) is 5.15. The third kappa shape index (κ3) is 4.61. The molecule has 1 aromatic heterocycles. The third-order valence-corrected chi connectivity index (χ3v) is 5.15. The summed E-state index contributed by atoms with van der Waals surface area (Å²) in [5.74, 6) is 0.780. The van der Waals surface area contributed by atoms with Crippen LogP contribution in [0.25, 0.3) is 10.9 Å². The van der Waals surface area contributed by atoms with Crippen LogP contribution in [0, 0.1) is 0 Å². The molecule has 0 aliphatic carbocycles. The van der Waals surface area contributed by atoms with E-state index in [1.165, 1.54) is 32.0 Å². The Balaban J connectivity index is 1.92. The van der Waals surface area contributed by atoms with Crippen molar-refractivity contribution in [2.24, 2.45) is 0 Å². The second-order valence-electron chi connectivity index (χ2n) is 7.22. The van der Waals surface area contributed by atoms with E-state index < -0.39 is 11.6 Å². The average molecular weight is 441 g/mol. The Bertz CT molecular complexity index is 1220. The highest BCUT2D eigenvalue weighted by Gasteiger charge is 2.16. The molecule has 9 nitrogen and oxygen atoms in total. The highest BCUT2D eigenvalue weighted by atomic mass is 16.5. The van der Waals surface area contributed by atoms with Crippen molar-refractivity contribution in [3.63, 3.8) is 0 Å². The van der Waals surface area contributed by atoms with Gasteiger partial charge in [0.15, 0.2) is 11.5 Å². The number of ether oxygens (including phenoxy) is 3. The van der Waals surface area contributed by atoms with Gasteiger partial charge in [0.2, 0.25) is 5.75 Å². The second kappa shape index (κ2) is 10.0. The van der Waals surface area contributed by atoms with E-state index in [4.69, 9.17) is 14.2 Å². The molecule has 0 bridgehead atoms. The first-order valence-corrected chi connectivity index (χ1v) is 10.3. The lowest BCUT2D eigenvalue weighted by molar-refractivity contribution is 0.102. The summed E-state index contributed by atoms with van der Waals surface area (Å²) in [4.78, 5) is 40.6. The normalized spacial score (nSPS) is 10.8. The summed E-state index contributed by atoms with van der Waals surface area (Å²) in [5.41, 5.74) is 0.177. The molecule has 1 amide bonds. The Hall–Kier alpha value is -3.75. The van der Waals surface area contributed by atoms with Crippen molar-refractivity contribution in [2.45, 2.75) is 32.7 Å². The Morgan fingerprint density at radius 3 is 2.28 bits per heavy atom. The van der Waals surface area contributed by atoms with Gasteiger partial charge in [-0.15, -0.1) is 0 Å². The van der Waals surface area contributed by atoms with Crippen LogP contribution in [0.15, 0.2) is 39.9 Å². The lowest BCUT2D eigenvalue weighted by Gasteiger charge is -2.14. The summed E-state index contributed by atoms with van der Waals surface area (Å²) in [6.45, 7) is 2.42. The van der Waals surface area contributed by atoms with Crippen molar-refractivity contribution >= 4 is 22.5 Å². The molecule has 0 aliphatic heterocycles. The van der Waals surface area contributed by atoms with Crippen LogP contribution >= 0.6 is 0 Å². The SMILES string of the molecule is CCCCCn1c(=O)[nH]c2cc(C(=O)Nc3cc(OC)c(OC)c(OC)c3)ccc2c1=O. The first kappa shape index (κ1) is 22.9. The zero-order valence-corrected chi connectivity index (χ0v) is 18.6. The molecule has 9 heteroatoms. The molecule has 0 spiro atoms. The zero-order valence-electron chi connectivity index (χ0n) is 18.6. The Morgan fingerprint density at radius 1 is 1.00 bits per heavy atom. The van der Waals surface area contributed by atoms with E-state index in [1.54, 1.807) is 24.3 Å². The molecule has 2 aromatic carbocycles. The molecule has 170 valence electrons. The minimum atomic E-state index is -0.485. The van der Waals surface area contributed by atoms with Crippen molar-refractivity contribution in [1.82, 2.24) is 9.55 Å². The molecule has 0 saturated carbocycles. The Morgan fingerprint density at radius 2 is 1.69 bits per heavy atom. The van der Waals surface area contributed by atoms with Crippen LogP contribution in [0.3, 0.4) is 0 Å². The number of unbranched alkanes of at least 4 members (excludes halogenated alkanes) is 2. The van der Waals surface area contributed by atoms with Gasteiger partial charge in [-0.2, -0.15) is 0 Å². The maximum Gasteiger partial charge on any atom is 0.328 e. The molecule has 0 fully saturated rings. The standard InChI is InChI=1S/C23H27N3O6/c1-5-6-7-10-26-22(28)16-9-8-14(11-17(16)25-23(26)29)21(27)24-15-12-18(30-2)20(32-4)19(13-15)31-3/h8-9,11-13H,5-7,10H2,1-4H3,(H,24,27)(H,25,29). The summed E-state index contributed by atoms with van der Waals surface area (Å²) >= 11 is 0. The molecular formula is C23H27N3O6. The van der Waals surface area contributed by atoms with Gasteiger partial charge >= 0.3 is 5.69 Å². The number of aromatic nitrogens is 2. The number of hydrogen-bond donors (Lipinski definition) is 2. The maximum atomic E-state index is 12.8. The minimum absolute atomic E-state index is 0.282. The van der Waals surface area contributed by atoms with E-state index in [1.807, 2.05) is 0 Å². The molecule has 1 heterocycles. The minimum Gasteiger partial charge on any atom is -0.493 e. The summed E-state index contributed by atoms with van der Waals surface area (Å²) in [6.07, 6.45) is 2.68. The first-order valence-electron chi connectivity index (χ1n) is 10.3. The van der Waals surface area contributed by atoms with Crippen LogP contribution in [0.2, 0.25) is 0 Å². The van der Waals surface area contributed by atoms with Crippen LogP contribution < -0.4 is 30.8 Å². The summed E-state index contributed by atoms with van der Waals surface area (Å²) in [7, 11) is 4.46. The Labute approximate surface area is 184 Å². The summed E-state index contributed by atoms with van der Waals surface area (Å²) < 4.78 is 17.1. The number of fused-ring (bicyclic) bond motifs is 1. The number of methoxy groups -OCH3 is 3. The fourth-order valence-electron chi connectivity index (χ4n) is 3.48. The molecule has 2 N–H and O–H groups in total. The smallest absolute Gasteiger partial charge is 0.328 e. The van der Waals surface area contributed by atoms with E-state index in [-0.39, 0.29) is 11.1 Å². The fourth-order valence-corrected chi connectivity index (χ4v) is 3.48. The lowest BCUT2D eigenvalue weighted by Crippen LogP contribution is -2.35. The fraction of sp³-hybridized carbons (Fsp3) is 0.348. The maximum absolute atomic E-state index is 12.8. The van der Waals surface area contributed by atoms with Crippen LogP contribution in [0.5, 0.6) is 17.2 Å². The first-order chi connectivity index (χ1) is 15.4. The van der Waals surface area contributed by atoms with Gasteiger partial charge in [0.25, 0.3) is 11.5 Å². The van der Waals surface area contributed by atoms with Crippen molar-refractivity contribution in [1.29, 1.82) is 0 Å². The highest BCUT2D eigenvalue weighted by molar-refractivity contribution is 6.06. The van der Waals surface area contributed by atoms with Crippen molar-refractivity contribution in [3.8, 4) is 17.2 Å². The van der Waals surface area contributed by atoms with Gasteiger partial charge in [0, 0.05) is 29.9 Å². The molecule has 0 radical (unpaired) electrons. The summed E-state index contributed by atoms with van der Waals surface area (Å²) in [6, 6.07) is 7.80.